The molecule has 3 heteroatoms. The number of rotatable bonds is 3. The van der Waals surface area contributed by atoms with Gasteiger partial charge in [0, 0.05) is 12.6 Å². The molecule has 18 heavy (non-hydrogen) atoms. The number of hydrogen-bond acceptors (Lipinski definition) is 2. The maximum absolute atomic E-state index is 13.3. The zero-order chi connectivity index (χ0) is 13.1. The van der Waals surface area contributed by atoms with Crippen molar-refractivity contribution in [2.24, 2.45) is 5.92 Å². The summed E-state index contributed by atoms with van der Waals surface area (Å²) in [6, 6.07) is 7.12. The number of halogens is 1. The van der Waals surface area contributed by atoms with Crippen LogP contribution >= 0.6 is 0 Å². The lowest BCUT2D eigenvalue weighted by atomic mass is 10.0. The van der Waals surface area contributed by atoms with E-state index in [2.05, 4.69) is 24.8 Å². The van der Waals surface area contributed by atoms with E-state index in [9.17, 15) is 4.39 Å². The number of hydrogen-bond donors (Lipinski definition) is 0. The van der Waals surface area contributed by atoms with Crippen LogP contribution in [0, 0.1) is 23.1 Å². The molecule has 1 saturated heterocycles. The summed E-state index contributed by atoms with van der Waals surface area (Å²) in [6.45, 7) is 6.17. The lowest BCUT2D eigenvalue weighted by Crippen LogP contribution is -2.33. The third-order valence-electron chi connectivity index (χ3n) is 3.74. The molecule has 0 aromatic heterocycles. The average molecular weight is 246 g/mol. The van der Waals surface area contributed by atoms with Crippen LogP contribution in [0.25, 0.3) is 0 Å². The summed E-state index contributed by atoms with van der Waals surface area (Å²) >= 11 is 0. The van der Waals surface area contributed by atoms with Crippen LogP contribution in [0.3, 0.4) is 0 Å². The van der Waals surface area contributed by atoms with E-state index in [-0.39, 0.29) is 5.82 Å². The lowest BCUT2D eigenvalue weighted by Gasteiger charge is -2.27. The van der Waals surface area contributed by atoms with Crippen molar-refractivity contribution >= 4 is 0 Å². The third-order valence-corrected chi connectivity index (χ3v) is 3.74. The first-order valence-corrected chi connectivity index (χ1v) is 6.54. The fraction of sp³-hybridized carbons (Fsp3) is 0.533. The Labute approximate surface area is 108 Å². The molecule has 0 N–H and O–H groups in total. The van der Waals surface area contributed by atoms with Gasteiger partial charge in [0.15, 0.2) is 0 Å². The van der Waals surface area contributed by atoms with E-state index in [1.807, 2.05) is 0 Å². The van der Waals surface area contributed by atoms with E-state index >= 15 is 0 Å². The summed E-state index contributed by atoms with van der Waals surface area (Å²) in [5.74, 6) is 0.343. The molecule has 1 atom stereocenters. The monoisotopic (exact) mass is 246 g/mol. The van der Waals surface area contributed by atoms with E-state index in [0.717, 1.165) is 12.1 Å². The molecule has 0 saturated carbocycles. The molecule has 0 aliphatic carbocycles. The molecule has 0 spiro atoms. The highest BCUT2D eigenvalue weighted by Gasteiger charge is 2.27. The van der Waals surface area contributed by atoms with Crippen LogP contribution in [0.1, 0.15) is 37.8 Å². The molecule has 0 radical (unpaired) electrons. The highest BCUT2D eigenvalue weighted by molar-refractivity contribution is 5.37. The van der Waals surface area contributed by atoms with Gasteiger partial charge >= 0.3 is 0 Å². The average Bonchev–Trinajstić information content (AvgIpc) is 2.77. The first-order chi connectivity index (χ1) is 8.61. The fourth-order valence-corrected chi connectivity index (χ4v) is 2.82. The smallest absolute Gasteiger partial charge is 0.123 e. The van der Waals surface area contributed by atoms with Gasteiger partial charge in [0.05, 0.1) is 11.6 Å². The van der Waals surface area contributed by atoms with Crippen LogP contribution in [-0.4, -0.2) is 17.5 Å². The van der Waals surface area contributed by atoms with Crippen LogP contribution in [0.5, 0.6) is 0 Å². The Balaban J connectivity index is 2.18. The minimum Gasteiger partial charge on any atom is -0.296 e. The zero-order valence-electron chi connectivity index (χ0n) is 11.0. The van der Waals surface area contributed by atoms with Crippen LogP contribution < -0.4 is 0 Å². The van der Waals surface area contributed by atoms with Crippen molar-refractivity contribution in [1.82, 2.24) is 4.90 Å². The van der Waals surface area contributed by atoms with Crippen molar-refractivity contribution in [3.8, 4) is 6.07 Å². The van der Waals surface area contributed by atoms with Crippen LogP contribution in [0.4, 0.5) is 4.39 Å². The molecule has 1 aromatic rings. The van der Waals surface area contributed by atoms with Crippen molar-refractivity contribution < 1.29 is 4.39 Å². The second-order valence-corrected chi connectivity index (χ2v) is 5.34. The molecular weight excluding hydrogens is 227 g/mol. The Morgan fingerprint density at radius 2 is 2.28 bits per heavy atom. The Bertz CT molecular complexity index is 462. The van der Waals surface area contributed by atoms with Gasteiger partial charge in [-0.1, -0.05) is 13.8 Å². The number of likely N-dealkylation sites (tertiary alicyclic amines) is 1. The Hall–Kier alpha value is -1.40. The largest absolute Gasteiger partial charge is 0.296 e. The molecule has 1 unspecified atom stereocenters. The van der Waals surface area contributed by atoms with Gasteiger partial charge in [0.25, 0.3) is 0 Å². The maximum Gasteiger partial charge on any atom is 0.123 e. The molecule has 1 aliphatic rings. The molecule has 2 nitrogen and oxygen atoms in total. The number of nitriles is 1. The predicted octanol–water partition coefficient (Wildman–Crippen LogP) is 3.32. The Kier molecular flexibility index (Phi) is 3.98. The van der Waals surface area contributed by atoms with E-state index in [0.29, 0.717) is 24.1 Å². The van der Waals surface area contributed by atoms with Crippen molar-refractivity contribution in [2.45, 2.75) is 39.3 Å². The van der Waals surface area contributed by atoms with Gasteiger partial charge in [0.2, 0.25) is 0 Å². The third kappa shape index (κ3) is 2.70. The normalized spacial score (nSPS) is 20.3. The van der Waals surface area contributed by atoms with Crippen LogP contribution in [-0.2, 0) is 6.54 Å². The molecule has 1 aromatic carbocycles. The molecule has 96 valence electrons. The summed E-state index contributed by atoms with van der Waals surface area (Å²) in [5.41, 5.74) is 1.40. The molecule has 0 bridgehead atoms. The van der Waals surface area contributed by atoms with Gasteiger partial charge in [-0.15, -0.1) is 0 Å². The van der Waals surface area contributed by atoms with Crippen molar-refractivity contribution in [1.29, 1.82) is 5.26 Å². The van der Waals surface area contributed by atoms with Gasteiger partial charge in [-0.2, -0.15) is 5.26 Å². The highest BCUT2D eigenvalue weighted by atomic mass is 19.1. The fourth-order valence-electron chi connectivity index (χ4n) is 2.82. The summed E-state index contributed by atoms with van der Waals surface area (Å²) in [6.07, 6.45) is 2.40. The van der Waals surface area contributed by atoms with Gasteiger partial charge in [-0.25, -0.2) is 4.39 Å². The van der Waals surface area contributed by atoms with Gasteiger partial charge in [0.1, 0.15) is 5.82 Å². The molecule has 1 fully saturated rings. The van der Waals surface area contributed by atoms with E-state index in [4.69, 9.17) is 5.26 Å². The standard InChI is InChI=1S/C15H19FN2/c1-11(2)15-4-3-7-18(15)10-13-8-14(16)6-5-12(13)9-17/h5-6,8,11,15H,3-4,7,10H2,1-2H3. The number of nitrogens with zero attached hydrogens (tertiary/aromatic N) is 2. The van der Waals surface area contributed by atoms with Crippen LogP contribution in [0.15, 0.2) is 18.2 Å². The van der Waals surface area contributed by atoms with Gasteiger partial charge in [-0.3, -0.25) is 4.90 Å². The minimum absolute atomic E-state index is 0.260. The maximum atomic E-state index is 13.3. The van der Waals surface area contributed by atoms with Crippen molar-refractivity contribution in [3.05, 3.63) is 35.1 Å². The predicted molar refractivity (Wildman–Crippen MR) is 69.4 cm³/mol. The van der Waals surface area contributed by atoms with Gasteiger partial charge < -0.3 is 0 Å². The summed E-state index contributed by atoms with van der Waals surface area (Å²) in [4.78, 5) is 2.38. The highest BCUT2D eigenvalue weighted by Crippen LogP contribution is 2.26. The minimum atomic E-state index is -0.260. The summed E-state index contributed by atoms with van der Waals surface area (Å²) in [5, 5.41) is 9.07. The molecule has 0 amide bonds. The molecule has 1 heterocycles. The van der Waals surface area contributed by atoms with Crippen molar-refractivity contribution in [2.75, 3.05) is 6.54 Å². The van der Waals surface area contributed by atoms with Crippen molar-refractivity contribution in [3.63, 3.8) is 0 Å². The Morgan fingerprint density at radius 1 is 1.50 bits per heavy atom. The summed E-state index contributed by atoms with van der Waals surface area (Å²) in [7, 11) is 0. The second kappa shape index (κ2) is 5.49. The van der Waals surface area contributed by atoms with Gasteiger partial charge in [-0.05, 0) is 49.1 Å². The Morgan fingerprint density at radius 3 is 2.94 bits per heavy atom. The SMILES string of the molecule is CC(C)C1CCCN1Cc1cc(F)ccc1C#N. The topological polar surface area (TPSA) is 27.0 Å². The number of benzene rings is 1. The molecule has 1 aliphatic heterocycles. The zero-order valence-corrected chi connectivity index (χ0v) is 11.0. The quantitative estimate of drug-likeness (QED) is 0.818. The lowest BCUT2D eigenvalue weighted by molar-refractivity contribution is 0.198. The molecule has 2 rings (SSSR count). The van der Waals surface area contributed by atoms with E-state index in [1.54, 1.807) is 6.07 Å². The second-order valence-electron chi connectivity index (χ2n) is 5.34. The first-order valence-electron chi connectivity index (χ1n) is 6.54. The van der Waals surface area contributed by atoms with Crippen LogP contribution in [0.2, 0.25) is 0 Å². The summed E-state index contributed by atoms with van der Waals surface area (Å²) < 4.78 is 13.3. The molecular formula is C15H19FN2. The van der Waals surface area contributed by atoms with E-state index in [1.165, 1.54) is 25.0 Å². The first kappa shape index (κ1) is 13.0. The van der Waals surface area contributed by atoms with E-state index < -0.39 is 0 Å².